The molecule has 3 heterocycles. The first kappa shape index (κ1) is 16.1. The van der Waals surface area contributed by atoms with Crippen LogP contribution < -0.4 is 15.5 Å². The maximum atomic E-state index is 12.2. The molecule has 0 bridgehead atoms. The van der Waals surface area contributed by atoms with Gasteiger partial charge in [-0.15, -0.1) is 0 Å². The van der Waals surface area contributed by atoms with Crippen LogP contribution in [0, 0.1) is 0 Å². The highest BCUT2D eigenvalue weighted by Gasteiger charge is 2.22. The minimum atomic E-state index is -0.293. The SMILES string of the molecule is O=C1[N]C=Cc2c(Br)cnc(Nc3ccc(N4CCOCC4)cc3)c21. The van der Waals surface area contributed by atoms with Crippen molar-refractivity contribution in [2.45, 2.75) is 0 Å². The predicted molar refractivity (Wildman–Crippen MR) is 100 cm³/mol. The molecule has 0 unspecified atom stereocenters. The van der Waals surface area contributed by atoms with Gasteiger partial charge in [-0.2, -0.15) is 0 Å². The van der Waals surface area contributed by atoms with Gasteiger partial charge in [0.25, 0.3) is 5.91 Å². The summed E-state index contributed by atoms with van der Waals surface area (Å²) in [7, 11) is 0. The van der Waals surface area contributed by atoms with Gasteiger partial charge < -0.3 is 15.0 Å². The molecule has 1 radical (unpaired) electrons. The van der Waals surface area contributed by atoms with E-state index in [1.165, 1.54) is 6.20 Å². The van der Waals surface area contributed by atoms with Crippen LogP contribution >= 0.6 is 15.9 Å². The van der Waals surface area contributed by atoms with Crippen LogP contribution in [0.25, 0.3) is 6.08 Å². The molecule has 1 N–H and O–H groups in total. The number of fused-ring (bicyclic) bond motifs is 1. The lowest BCUT2D eigenvalue weighted by Gasteiger charge is -2.29. The molecule has 25 heavy (non-hydrogen) atoms. The van der Waals surface area contributed by atoms with Crippen LogP contribution in [0.5, 0.6) is 0 Å². The molecule has 0 spiro atoms. The van der Waals surface area contributed by atoms with Crippen LogP contribution in [-0.4, -0.2) is 37.2 Å². The van der Waals surface area contributed by atoms with Crippen LogP contribution in [0.2, 0.25) is 0 Å². The van der Waals surface area contributed by atoms with E-state index in [4.69, 9.17) is 4.74 Å². The normalized spacial score (nSPS) is 16.4. The number of carbonyl (C=O) groups excluding carboxylic acids is 1. The third kappa shape index (κ3) is 3.25. The van der Waals surface area contributed by atoms with Crippen LogP contribution in [0.3, 0.4) is 0 Å². The standard InChI is InChI=1S/C18H16BrN4O2/c19-15-11-21-17(16-14(15)5-6-20-18(16)24)22-12-1-3-13(4-2-12)23-7-9-25-10-8-23/h1-6,11H,7-10H2,(H,21,22). The van der Waals surface area contributed by atoms with Crippen LogP contribution in [0.15, 0.2) is 41.1 Å². The lowest BCUT2D eigenvalue weighted by atomic mass is 10.1. The number of hydrogen-bond acceptors (Lipinski definition) is 5. The van der Waals surface area contributed by atoms with E-state index in [-0.39, 0.29) is 5.91 Å². The van der Waals surface area contributed by atoms with E-state index in [0.29, 0.717) is 11.4 Å². The van der Waals surface area contributed by atoms with Gasteiger partial charge in [-0.25, -0.2) is 10.3 Å². The lowest BCUT2D eigenvalue weighted by molar-refractivity contribution is 0.0965. The smallest absolute Gasteiger partial charge is 0.281 e. The Bertz CT molecular complexity index is 830. The van der Waals surface area contributed by atoms with E-state index in [0.717, 1.165) is 47.7 Å². The van der Waals surface area contributed by atoms with Gasteiger partial charge in [0.1, 0.15) is 5.82 Å². The van der Waals surface area contributed by atoms with E-state index in [1.54, 1.807) is 12.3 Å². The molecule has 2 aliphatic heterocycles. The van der Waals surface area contributed by atoms with E-state index in [9.17, 15) is 4.79 Å². The number of ether oxygens (including phenoxy) is 1. The molecule has 1 saturated heterocycles. The van der Waals surface area contributed by atoms with Crippen molar-refractivity contribution >= 4 is 45.1 Å². The van der Waals surface area contributed by atoms with Gasteiger partial charge in [0, 0.05) is 46.9 Å². The van der Waals surface area contributed by atoms with Gasteiger partial charge in [0.15, 0.2) is 0 Å². The molecule has 4 rings (SSSR count). The van der Waals surface area contributed by atoms with Gasteiger partial charge in [-0.1, -0.05) is 0 Å². The molecular weight excluding hydrogens is 384 g/mol. The fourth-order valence-electron chi connectivity index (χ4n) is 2.93. The summed E-state index contributed by atoms with van der Waals surface area (Å²) in [5, 5.41) is 7.08. The van der Waals surface area contributed by atoms with Gasteiger partial charge >= 0.3 is 0 Å². The molecule has 2 aromatic rings. The van der Waals surface area contributed by atoms with Gasteiger partial charge in [0.2, 0.25) is 0 Å². The van der Waals surface area contributed by atoms with Gasteiger partial charge in [-0.3, -0.25) is 4.79 Å². The number of pyridine rings is 1. The van der Waals surface area contributed by atoms with Crippen LogP contribution in [-0.2, 0) is 4.74 Å². The van der Waals surface area contributed by atoms with E-state index >= 15 is 0 Å². The summed E-state index contributed by atoms with van der Waals surface area (Å²) in [5.74, 6) is 0.217. The monoisotopic (exact) mass is 399 g/mol. The summed E-state index contributed by atoms with van der Waals surface area (Å²) in [6, 6.07) is 8.10. The summed E-state index contributed by atoms with van der Waals surface area (Å²) in [6.07, 6.45) is 5.00. The molecule has 0 saturated carbocycles. The first-order chi connectivity index (χ1) is 12.2. The Morgan fingerprint density at radius 1 is 1.16 bits per heavy atom. The number of aromatic nitrogens is 1. The first-order valence-electron chi connectivity index (χ1n) is 8.02. The Kier molecular flexibility index (Phi) is 4.42. The summed E-state index contributed by atoms with van der Waals surface area (Å²) in [6.45, 7) is 3.32. The topological polar surface area (TPSA) is 68.6 Å². The molecule has 1 aromatic heterocycles. The number of nitrogens with zero attached hydrogens (tertiary/aromatic N) is 3. The Hall–Kier alpha value is -2.38. The van der Waals surface area contributed by atoms with Crippen LogP contribution in [0.1, 0.15) is 15.9 Å². The zero-order valence-corrected chi connectivity index (χ0v) is 15.0. The Balaban J connectivity index is 1.58. The maximum absolute atomic E-state index is 12.2. The second kappa shape index (κ2) is 6.85. The second-order valence-electron chi connectivity index (χ2n) is 5.76. The molecule has 0 atom stereocenters. The second-order valence-corrected chi connectivity index (χ2v) is 6.62. The van der Waals surface area contributed by atoms with E-state index in [1.807, 2.05) is 12.1 Å². The number of morpholine rings is 1. The molecule has 0 aliphatic carbocycles. The van der Waals surface area contributed by atoms with Crippen molar-refractivity contribution in [2.24, 2.45) is 0 Å². The average molecular weight is 400 g/mol. The number of anilines is 3. The largest absolute Gasteiger partial charge is 0.378 e. The molecule has 1 aromatic carbocycles. The summed E-state index contributed by atoms with van der Waals surface area (Å²) >= 11 is 3.43. The number of rotatable bonds is 3. The number of carbonyl (C=O) groups is 1. The van der Waals surface area contributed by atoms with Gasteiger partial charge in [-0.05, 0) is 46.3 Å². The molecule has 127 valence electrons. The average Bonchev–Trinajstić information content (AvgIpc) is 2.66. The maximum Gasteiger partial charge on any atom is 0.281 e. The summed E-state index contributed by atoms with van der Waals surface area (Å²) in [5.41, 5.74) is 3.31. The van der Waals surface area contributed by atoms with Crippen molar-refractivity contribution in [3.63, 3.8) is 0 Å². The van der Waals surface area contributed by atoms with E-state index in [2.05, 4.69) is 48.6 Å². The van der Waals surface area contributed by atoms with Crippen molar-refractivity contribution in [1.82, 2.24) is 10.3 Å². The zero-order valence-electron chi connectivity index (χ0n) is 13.4. The van der Waals surface area contributed by atoms with Crippen LogP contribution in [0.4, 0.5) is 17.2 Å². The van der Waals surface area contributed by atoms with Crippen molar-refractivity contribution < 1.29 is 9.53 Å². The van der Waals surface area contributed by atoms with Crippen molar-refractivity contribution in [1.29, 1.82) is 0 Å². The fraction of sp³-hybridized carbons (Fsp3) is 0.222. The Morgan fingerprint density at radius 3 is 2.68 bits per heavy atom. The molecular formula is C18H16BrN4O2. The highest BCUT2D eigenvalue weighted by atomic mass is 79.9. The fourth-order valence-corrected chi connectivity index (χ4v) is 3.37. The number of nitrogens with one attached hydrogen (secondary N) is 1. The quantitative estimate of drug-likeness (QED) is 0.858. The molecule has 7 heteroatoms. The number of hydrogen-bond donors (Lipinski definition) is 1. The third-order valence-electron chi connectivity index (χ3n) is 4.22. The summed E-state index contributed by atoms with van der Waals surface area (Å²) in [4.78, 5) is 18.8. The minimum Gasteiger partial charge on any atom is -0.378 e. The van der Waals surface area contributed by atoms with Crippen molar-refractivity contribution in [3.8, 4) is 0 Å². The number of benzene rings is 1. The summed E-state index contributed by atoms with van der Waals surface area (Å²) < 4.78 is 6.16. The number of amides is 1. The van der Waals surface area contributed by atoms with E-state index < -0.39 is 0 Å². The molecule has 2 aliphatic rings. The predicted octanol–water partition coefficient (Wildman–Crippen LogP) is 3.15. The minimum absolute atomic E-state index is 0.293. The lowest BCUT2D eigenvalue weighted by Crippen LogP contribution is -2.36. The van der Waals surface area contributed by atoms with Gasteiger partial charge in [0.05, 0.1) is 18.8 Å². The third-order valence-corrected chi connectivity index (χ3v) is 4.86. The van der Waals surface area contributed by atoms with Crippen molar-refractivity contribution in [2.75, 3.05) is 36.5 Å². The zero-order chi connectivity index (χ0) is 17.2. The highest BCUT2D eigenvalue weighted by molar-refractivity contribution is 9.10. The molecule has 6 nitrogen and oxygen atoms in total. The molecule has 1 amide bonds. The number of halogens is 1. The highest BCUT2D eigenvalue weighted by Crippen LogP contribution is 2.31. The first-order valence-corrected chi connectivity index (χ1v) is 8.82. The Labute approximate surface area is 154 Å². The Morgan fingerprint density at radius 2 is 1.92 bits per heavy atom. The molecule has 1 fully saturated rings. The van der Waals surface area contributed by atoms with Crippen molar-refractivity contribution in [3.05, 3.63) is 52.3 Å².